The molecule has 0 radical (unpaired) electrons. The van der Waals surface area contributed by atoms with Crippen molar-refractivity contribution in [3.05, 3.63) is 39.9 Å². The van der Waals surface area contributed by atoms with Gasteiger partial charge in [-0.1, -0.05) is 29.3 Å². The number of aliphatic hydroxyl groups is 2. The maximum Gasteiger partial charge on any atom is 0.223 e. The van der Waals surface area contributed by atoms with Crippen LogP contribution < -0.4 is 10.8 Å². The molecule has 0 aliphatic rings. The van der Waals surface area contributed by atoms with Gasteiger partial charge in [-0.2, -0.15) is 0 Å². The summed E-state index contributed by atoms with van der Waals surface area (Å²) in [5.74, 6) is -0.303. The predicted molar refractivity (Wildman–Crippen MR) is 85.3 cm³/mol. The van der Waals surface area contributed by atoms with Gasteiger partial charge < -0.3 is 15.5 Å². The summed E-state index contributed by atoms with van der Waals surface area (Å²) in [5, 5.41) is 21.1. The number of benzene rings is 1. The van der Waals surface area contributed by atoms with Gasteiger partial charge in [0.2, 0.25) is 5.91 Å². The molecule has 8 heteroatoms. The highest BCUT2D eigenvalue weighted by atomic mass is 35.5. The van der Waals surface area contributed by atoms with E-state index in [1.54, 1.807) is 24.3 Å². The Labute approximate surface area is 138 Å². The van der Waals surface area contributed by atoms with Gasteiger partial charge in [-0.3, -0.25) is 15.1 Å². The molecular weight excluding hydrogens is 331 g/mol. The summed E-state index contributed by atoms with van der Waals surface area (Å²) >= 11 is 11.8. The zero-order chi connectivity index (χ0) is 16.5. The minimum Gasteiger partial charge on any atom is -0.394 e. The van der Waals surface area contributed by atoms with E-state index in [1.165, 1.54) is 7.11 Å². The molecule has 1 atom stereocenters. The van der Waals surface area contributed by atoms with Gasteiger partial charge >= 0.3 is 0 Å². The molecular formula is C14H18Cl2N2O4. The fourth-order valence-corrected chi connectivity index (χ4v) is 1.85. The van der Waals surface area contributed by atoms with Crippen LogP contribution in [-0.4, -0.2) is 42.5 Å². The zero-order valence-corrected chi connectivity index (χ0v) is 13.5. The van der Waals surface area contributed by atoms with E-state index >= 15 is 0 Å². The van der Waals surface area contributed by atoms with Crippen LogP contribution in [-0.2, 0) is 9.63 Å². The lowest BCUT2D eigenvalue weighted by atomic mass is 10.1. The third-order valence-corrected chi connectivity index (χ3v) is 3.42. The van der Waals surface area contributed by atoms with Gasteiger partial charge in [0.25, 0.3) is 0 Å². The highest BCUT2D eigenvalue weighted by Crippen LogP contribution is 2.25. The Morgan fingerprint density at radius 3 is 2.73 bits per heavy atom. The number of halogens is 2. The number of hydroxylamine groups is 1. The molecule has 0 saturated heterocycles. The van der Waals surface area contributed by atoms with Crippen molar-refractivity contribution in [2.24, 2.45) is 0 Å². The number of hydrogen-bond acceptors (Lipinski definition) is 5. The molecule has 1 aromatic carbocycles. The van der Waals surface area contributed by atoms with Crippen LogP contribution in [0.5, 0.6) is 0 Å². The van der Waals surface area contributed by atoms with E-state index in [0.717, 1.165) is 0 Å². The molecule has 0 bridgehead atoms. The first-order valence-corrected chi connectivity index (χ1v) is 7.23. The van der Waals surface area contributed by atoms with E-state index in [-0.39, 0.29) is 18.9 Å². The normalized spacial score (nSPS) is 12.9. The van der Waals surface area contributed by atoms with Crippen LogP contribution in [0.1, 0.15) is 12.0 Å². The van der Waals surface area contributed by atoms with Gasteiger partial charge in [0, 0.05) is 18.5 Å². The summed E-state index contributed by atoms with van der Waals surface area (Å²) in [6.45, 7) is -0.418. The molecule has 0 aliphatic heterocycles. The van der Waals surface area contributed by atoms with Gasteiger partial charge in [0.1, 0.15) is 0 Å². The van der Waals surface area contributed by atoms with Crippen molar-refractivity contribution < 1.29 is 19.8 Å². The Morgan fingerprint density at radius 1 is 1.41 bits per heavy atom. The van der Waals surface area contributed by atoms with Crippen LogP contribution in [0.15, 0.2) is 24.3 Å². The van der Waals surface area contributed by atoms with Crippen LogP contribution in [0, 0.1) is 0 Å². The van der Waals surface area contributed by atoms with Gasteiger partial charge in [-0.15, -0.1) is 0 Å². The number of carbonyl (C=O) groups is 1. The third kappa shape index (κ3) is 6.21. The van der Waals surface area contributed by atoms with E-state index in [1.807, 2.05) is 0 Å². The molecule has 0 spiro atoms. The Hall–Kier alpha value is -1.31. The molecule has 0 fully saturated rings. The van der Waals surface area contributed by atoms with Crippen molar-refractivity contribution in [3.63, 3.8) is 0 Å². The first-order chi connectivity index (χ1) is 10.5. The summed E-state index contributed by atoms with van der Waals surface area (Å²) in [5.41, 5.74) is 3.93. The molecule has 1 unspecified atom stereocenters. The fraction of sp³-hybridized carbons (Fsp3) is 0.357. The first-order valence-electron chi connectivity index (χ1n) is 6.48. The highest BCUT2D eigenvalue weighted by molar-refractivity contribution is 6.42. The maximum absolute atomic E-state index is 11.7. The number of nitrogens with one attached hydrogen (secondary N) is 2. The SMILES string of the molecule is CONC(=CCC(=O)NCC(O)CO)c1ccc(Cl)c(Cl)c1. The molecule has 4 N–H and O–H groups in total. The maximum atomic E-state index is 11.7. The molecule has 22 heavy (non-hydrogen) atoms. The molecule has 0 heterocycles. The van der Waals surface area contributed by atoms with Gasteiger partial charge in [0.15, 0.2) is 0 Å². The van der Waals surface area contributed by atoms with Crippen molar-refractivity contribution in [1.29, 1.82) is 0 Å². The van der Waals surface area contributed by atoms with Crippen molar-refractivity contribution in [2.45, 2.75) is 12.5 Å². The molecule has 6 nitrogen and oxygen atoms in total. The average molecular weight is 349 g/mol. The standard InChI is InChI=1S/C14H18Cl2N2O4/c1-22-18-13(9-2-3-11(15)12(16)6-9)4-5-14(21)17-7-10(20)8-19/h2-4,6,10,18-20H,5,7-8H2,1H3,(H,17,21). The number of carbonyl (C=O) groups excluding carboxylic acids is 1. The lowest BCUT2D eigenvalue weighted by Crippen LogP contribution is -2.33. The minimum absolute atomic E-state index is 0.0109. The average Bonchev–Trinajstić information content (AvgIpc) is 2.51. The predicted octanol–water partition coefficient (Wildman–Crippen LogP) is 1.34. The molecule has 0 saturated carbocycles. The third-order valence-electron chi connectivity index (χ3n) is 2.68. The number of hydrogen-bond donors (Lipinski definition) is 4. The second-order valence-electron chi connectivity index (χ2n) is 4.40. The molecule has 1 amide bonds. The summed E-state index contributed by atoms with van der Waals surface area (Å²) in [7, 11) is 1.45. The molecule has 0 aromatic heterocycles. The van der Waals surface area contributed by atoms with E-state index < -0.39 is 12.7 Å². The van der Waals surface area contributed by atoms with Crippen LogP contribution >= 0.6 is 23.2 Å². The quantitative estimate of drug-likeness (QED) is 0.532. The highest BCUT2D eigenvalue weighted by Gasteiger charge is 2.08. The first kappa shape index (κ1) is 18.7. The fourth-order valence-electron chi connectivity index (χ4n) is 1.56. The number of aliphatic hydroxyl groups excluding tert-OH is 2. The summed E-state index contributed by atoms with van der Waals surface area (Å²) in [4.78, 5) is 16.5. The zero-order valence-electron chi connectivity index (χ0n) is 12.0. The van der Waals surface area contributed by atoms with E-state index in [0.29, 0.717) is 21.3 Å². The van der Waals surface area contributed by atoms with E-state index in [4.69, 9.17) is 38.3 Å². The van der Waals surface area contributed by atoms with Crippen molar-refractivity contribution in [1.82, 2.24) is 10.8 Å². The Kier molecular flexibility index (Phi) is 8.22. The Balaban J connectivity index is 2.73. The second-order valence-corrected chi connectivity index (χ2v) is 5.21. The lowest BCUT2D eigenvalue weighted by Gasteiger charge is -2.11. The monoisotopic (exact) mass is 348 g/mol. The number of amides is 1. The molecule has 122 valence electrons. The van der Waals surface area contributed by atoms with Gasteiger partial charge in [-0.05, 0) is 18.2 Å². The van der Waals surface area contributed by atoms with Crippen LogP contribution in [0.25, 0.3) is 5.70 Å². The molecule has 0 aliphatic carbocycles. The van der Waals surface area contributed by atoms with Gasteiger partial charge in [0.05, 0.1) is 35.6 Å². The Morgan fingerprint density at radius 2 is 2.14 bits per heavy atom. The van der Waals surface area contributed by atoms with Crippen LogP contribution in [0.4, 0.5) is 0 Å². The molecule has 1 aromatic rings. The summed E-state index contributed by atoms with van der Waals surface area (Å²) in [6, 6.07) is 5.02. The smallest absolute Gasteiger partial charge is 0.223 e. The van der Waals surface area contributed by atoms with Crippen LogP contribution in [0.2, 0.25) is 10.0 Å². The van der Waals surface area contributed by atoms with Crippen molar-refractivity contribution >= 4 is 34.8 Å². The Bertz CT molecular complexity index is 538. The minimum atomic E-state index is -0.973. The molecule has 1 rings (SSSR count). The number of rotatable bonds is 8. The van der Waals surface area contributed by atoms with Crippen molar-refractivity contribution in [3.8, 4) is 0 Å². The van der Waals surface area contributed by atoms with Gasteiger partial charge in [-0.25, -0.2) is 0 Å². The summed E-state index contributed by atoms with van der Waals surface area (Å²) < 4.78 is 0. The van der Waals surface area contributed by atoms with Crippen LogP contribution in [0.3, 0.4) is 0 Å². The van der Waals surface area contributed by atoms with Crippen molar-refractivity contribution in [2.75, 3.05) is 20.3 Å². The van der Waals surface area contributed by atoms with E-state index in [2.05, 4.69) is 10.8 Å². The van der Waals surface area contributed by atoms with E-state index in [9.17, 15) is 4.79 Å². The summed E-state index contributed by atoms with van der Waals surface area (Å²) in [6.07, 6.45) is 0.702. The largest absolute Gasteiger partial charge is 0.394 e. The topological polar surface area (TPSA) is 90.8 Å². The second kappa shape index (κ2) is 9.66. The lowest BCUT2D eigenvalue weighted by molar-refractivity contribution is -0.120.